The number of hydrogen-bond acceptors (Lipinski definition) is 14. The SMILES string of the molecule is CC[C@@H]1NC(=O)[C@H]([C@H](O)[C@H](C)CC=Cc2ccc(C(=O)OC)c3ccccc23)N(C)C(=O)[C@H](C(C)C)N(C)C(=O)[C@H](CC(C)C)N(C)C(=O)[C@H](CC(C)C)N(C)C(=O)[C@@H](C)NC(=O)[C@H](C)NC(=O)[C@H](CC(C)C)N(C)C(=O)[C@H](C(C)C)NC(=O)[C@H](CC(C)C)N(C)C(=O)CN(C)C1=O. The molecule has 1 aliphatic rings. The van der Waals surface area contributed by atoms with Gasteiger partial charge in [0.1, 0.15) is 60.4 Å². The van der Waals surface area contributed by atoms with Gasteiger partial charge in [0.2, 0.25) is 65.0 Å². The summed E-state index contributed by atoms with van der Waals surface area (Å²) in [4.78, 5) is 183. The number of rotatable bonds is 17. The maximum atomic E-state index is 15.5. The summed E-state index contributed by atoms with van der Waals surface area (Å²) in [5, 5.41) is 25.0. The topological polar surface area (TPSA) is 305 Å². The predicted molar refractivity (Wildman–Crippen MR) is 378 cm³/mol. The lowest BCUT2D eigenvalue weighted by Gasteiger charge is -2.41. The van der Waals surface area contributed by atoms with Gasteiger partial charge in [-0.3, -0.25) is 52.7 Å². The molecule has 548 valence electrons. The average Bonchev–Trinajstić information content (AvgIpc) is 0.801. The summed E-state index contributed by atoms with van der Waals surface area (Å²) in [5.41, 5.74) is 1.11. The molecule has 0 unspecified atom stereocenters. The molecule has 0 saturated carbocycles. The molecule has 2 aromatic rings. The van der Waals surface area contributed by atoms with Crippen LogP contribution in [0, 0.1) is 41.4 Å². The van der Waals surface area contributed by atoms with Crippen molar-refractivity contribution in [2.24, 2.45) is 41.4 Å². The minimum atomic E-state index is -1.72. The molecular formula is C73H117N11O14. The monoisotopic (exact) mass is 1370 g/mol. The Morgan fingerprint density at radius 3 is 1.47 bits per heavy atom. The maximum Gasteiger partial charge on any atom is 0.338 e. The normalized spacial score (nSPS) is 24.8. The van der Waals surface area contributed by atoms with E-state index >= 15 is 19.2 Å². The zero-order valence-electron chi connectivity index (χ0n) is 62.8. The van der Waals surface area contributed by atoms with Gasteiger partial charge in [-0.2, -0.15) is 0 Å². The van der Waals surface area contributed by atoms with Crippen LogP contribution in [0.1, 0.15) is 165 Å². The fourth-order valence-corrected chi connectivity index (χ4v) is 12.5. The van der Waals surface area contributed by atoms with Gasteiger partial charge < -0.3 is 65.4 Å². The van der Waals surface area contributed by atoms with Crippen molar-refractivity contribution in [2.45, 2.75) is 216 Å². The molecule has 11 amide bonds. The molecule has 1 heterocycles. The Hall–Kier alpha value is -7.96. The van der Waals surface area contributed by atoms with Gasteiger partial charge in [-0.15, -0.1) is 0 Å². The van der Waals surface area contributed by atoms with Crippen LogP contribution in [0.2, 0.25) is 0 Å². The van der Waals surface area contributed by atoms with Crippen LogP contribution in [0.5, 0.6) is 0 Å². The fourth-order valence-electron chi connectivity index (χ4n) is 12.5. The summed E-state index contributed by atoms with van der Waals surface area (Å²) < 4.78 is 5.03. The van der Waals surface area contributed by atoms with Gasteiger partial charge in [0.15, 0.2) is 0 Å². The van der Waals surface area contributed by atoms with Crippen LogP contribution in [0.25, 0.3) is 16.8 Å². The molecule has 12 atom stereocenters. The van der Waals surface area contributed by atoms with Crippen LogP contribution in [-0.2, 0) is 57.5 Å². The van der Waals surface area contributed by atoms with Crippen molar-refractivity contribution in [3.63, 3.8) is 0 Å². The second kappa shape index (κ2) is 37.8. The number of carbonyl (C=O) groups excluding carboxylic acids is 12. The van der Waals surface area contributed by atoms with Crippen molar-refractivity contribution >= 4 is 87.8 Å². The summed E-state index contributed by atoms with van der Waals surface area (Å²) in [7, 11) is 11.1. The van der Waals surface area contributed by atoms with Crippen LogP contribution in [0.4, 0.5) is 0 Å². The molecule has 0 spiro atoms. The van der Waals surface area contributed by atoms with E-state index in [4.69, 9.17) is 4.74 Å². The quantitative estimate of drug-likeness (QED) is 0.125. The number of allylic oxidation sites excluding steroid dienone is 1. The van der Waals surface area contributed by atoms with Crippen LogP contribution in [0.15, 0.2) is 42.5 Å². The van der Waals surface area contributed by atoms with Crippen molar-refractivity contribution < 1.29 is 67.4 Å². The van der Waals surface area contributed by atoms with E-state index in [-0.39, 0.29) is 62.2 Å². The van der Waals surface area contributed by atoms with Gasteiger partial charge in [0.05, 0.1) is 25.3 Å². The number of aliphatic hydroxyl groups is 1. The fraction of sp³-hybridized carbons (Fsp3) is 0.671. The Balaban J connectivity index is 2.34. The number of amides is 11. The first-order chi connectivity index (χ1) is 45.6. The molecule has 2 aromatic carbocycles. The molecule has 1 aliphatic heterocycles. The highest BCUT2D eigenvalue weighted by Gasteiger charge is 2.46. The number of carbonyl (C=O) groups is 12. The van der Waals surface area contributed by atoms with Gasteiger partial charge in [-0.05, 0) is 116 Å². The second-order valence-corrected chi connectivity index (χ2v) is 29.2. The van der Waals surface area contributed by atoms with E-state index in [1.54, 1.807) is 71.9 Å². The molecule has 0 bridgehead atoms. The largest absolute Gasteiger partial charge is 0.465 e. The van der Waals surface area contributed by atoms with Gasteiger partial charge >= 0.3 is 5.97 Å². The lowest BCUT2D eigenvalue weighted by Crippen LogP contribution is -2.63. The highest BCUT2D eigenvalue weighted by molar-refractivity contribution is 6.07. The summed E-state index contributed by atoms with van der Waals surface area (Å²) in [6.45, 7) is 27.3. The first kappa shape index (κ1) is 84.3. The third-order valence-electron chi connectivity index (χ3n) is 18.5. The van der Waals surface area contributed by atoms with Crippen molar-refractivity contribution in [3.8, 4) is 0 Å². The van der Waals surface area contributed by atoms with Crippen molar-refractivity contribution in [1.29, 1.82) is 0 Å². The highest BCUT2D eigenvalue weighted by atomic mass is 16.5. The predicted octanol–water partition coefficient (Wildman–Crippen LogP) is 5.35. The standard InChI is InChI=1S/C73H117N11O14/c1-25-53-68(92)78(17)39-58(85)79(18)54(35-40(2)3)65(89)77-59(44(10)11)71(95)80(19)55(36-41(4)5)64(88)74-47(15)63(87)75-48(16)67(91)81(20)56(37-42(6)7)69(93)82(21)57(38-43(8)9)70(94)83(22)60(45(12)13)72(96)84(23)61(66(90)76-53)62(86)46(14)29-28-30-49-33-34-52(73(97)98-24)51-32-27-26-31-50(49)51/h26-28,30-34,40-48,53-57,59-62,86H,25,29,35-39H2,1-24H3,(H,74,88)(H,75,87)(H,76,90)(H,77,89)/t46-,47+,48-,53+,54+,55+,56+,57+,59+,60+,61+,62-/m1/s1. The van der Waals surface area contributed by atoms with Gasteiger partial charge in [-0.1, -0.05) is 139 Å². The van der Waals surface area contributed by atoms with E-state index in [0.717, 1.165) is 20.7 Å². The first-order valence-corrected chi connectivity index (χ1v) is 34.6. The Kier molecular flexibility index (Phi) is 32.5. The molecular weight excluding hydrogens is 1250 g/mol. The van der Waals surface area contributed by atoms with Crippen LogP contribution in [0.3, 0.4) is 0 Å². The van der Waals surface area contributed by atoms with E-state index in [2.05, 4.69) is 21.3 Å². The number of ether oxygens (including phenoxy) is 1. The zero-order chi connectivity index (χ0) is 74.8. The van der Waals surface area contributed by atoms with Gasteiger partial charge in [-0.25, -0.2) is 4.79 Å². The Morgan fingerprint density at radius 2 is 0.969 bits per heavy atom. The minimum absolute atomic E-state index is 0.0258. The third kappa shape index (κ3) is 22.0. The number of hydrogen-bond donors (Lipinski definition) is 5. The minimum Gasteiger partial charge on any atom is -0.465 e. The molecule has 1 saturated heterocycles. The van der Waals surface area contributed by atoms with E-state index in [1.165, 1.54) is 94.8 Å². The molecule has 5 N–H and O–H groups in total. The second-order valence-electron chi connectivity index (χ2n) is 29.2. The molecule has 0 aliphatic carbocycles. The molecule has 0 aromatic heterocycles. The number of methoxy groups -OCH3 is 1. The molecule has 25 heteroatoms. The van der Waals surface area contributed by atoms with Crippen molar-refractivity contribution in [2.75, 3.05) is 63.0 Å². The number of fused-ring (bicyclic) bond motifs is 1. The van der Waals surface area contributed by atoms with E-state index in [9.17, 15) is 43.5 Å². The maximum absolute atomic E-state index is 15.5. The molecule has 3 rings (SSSR count). The Labute approximate surface area is 582 Å². The van der Waals surface area contributed by atoms with Gasteiger partial charge in [0, 0.05) is 49.3 Å². The smallest absolute Gasteiger partial charge is 0.338 e. The Morgan fingerprint density at radius 1 is 0.510 bits per heavy atom. The van der Waals surface area contributed by atoms with Crippen LogP contribution < -0.4 is 21.3 Å². The number of esters is 1. The van der Waals surface area contributed by atoms with Crippen LogP contribution >= 0.6 is 0 Å². The molecule has 1 fully saturated rings. The van der Waals surface area contributed by atoms with Crippen LogP contribution in [-0.4, -0.2) is 240 Å². The third-order valence-corrected chi connectivity index (χ3v) is 18.5. The van der Waals surface area contributed by atoms with E-state index in [1.807, 2.05) is 73.6 Å². The van der Waals surface area contributed by atoms with Crippen molar-refractivity contribution in [1.82, 2.24) is 55.6 Å². The average molecular weight is 1370 g/mol. The Bertz CT molecular complexity index is 3170. The first-order valence-electron chi connectivity index (χ1n) is 34.6. The van der Waals surface area contributed by atoms with Crippen molar-refractivity contribution in [3.05, 3.63) is 53.6 Å². The molecule has 98 heavy (non-hydrogen) atoms. The molecule has 0 radical (unpaired) electrons. The van der Waals surface area contributed by atoms with Gasteiger partial charge in [0.25, 0.3) is 0 Å². The zero-order valence-corrected chi connectivity index (χ0v) is 62.8. The lowest BCUT2D eigenvalue weighted by molar-refractivity contribution is -0.157. The highest BCUT2D eigenvalue weighted by Crippen LogP contribution is 2.28. The number of nitrogens with one attached hydrogen (secondary N) is 4. The number of benzene rings is 2. The molecule has 25 nitrogen and oxygen atoms in total. The van der Waals surface area contributed by atoms with E-state index < -0.39 is 162 Å². The lowest BCUT2D eigenvalue weighted by atomic mass is 9.91. The number of aliphatic hydroxyl groups excluding tert-OH is 1. The number of likely N-dealkylation sites (N-methyl/N-ethyl adjacent to an activating group) is 7. The summed E-state index contributed by atoms with van der Waals surface area (Å²) in [5.74, 6) is -10.9. The van der Waals surface area contributed by atoms with E-state index in [0.29, 0.717) is 10.9 Å². The summed E-state index contributed by atoms with van der Waals surface area (Å²) in [6.07, 6.45) is 2.60. The summed E-state index contributed by atoms with van der Waals surface area (Å²) >= 11 is 0. The number of nitrogens with zero attached hydrogens (tertiary/aromatic N) is 7. The summed E-state index contributed by atoms with van der Waals surface area (Å²) in [6, 6.07) is -2.08.